The number of hydrogen-bond acceptors (Lipinski definition) is 3. The number of carbonyl (C=O) groups excluding carboxylic acids is 2. The van der Waals surface area contributed by atoms with E-state index in [1.54, 1.807) is 31.2 Å². The molecule has 0 aliphatic heterocycles. The van der Waals surface area contributed by atoms with Gasteiger partial charge in [0.25, 0.3) is 0 Å². The molecule has 1 atom stereocenters. The minimum Gasteiger partial charge on any atom is -0.469 e. The fraction of sp³-hybridized carbons (Fsp3) is 0.333. The van der Waals surface area contributed by atoms with Crippen molar-refractivity contribution in [1.29, 1.82) is 0 Å². The molecule has 0 bridgehead atoms. The molecule has 86 valence electrons. The van der Waals surface area contributed by atoms with Gasteiger partial charge in [0, 0.05) is 16.0 Å². The topological polar surface area (TPSA) is 43.4 Å². The number of rotatable bonds is 4. The lowest BCUT2D eigenvalue weighted by molar-refractivity contribution is -0.141. The van der Waals surface area contributed by atoms with E-state index in [0.717, 1.165) is 4.47 Å². The maximum Gasteiger partial charge on any atom is 0.306 e. The van der Waals surface area contributed by atoms with Gasteiger partial charge in [-0.2, -0.15) is 0 Å². The van der Waals surface area contributed by atoms with Crippen LogP contribution in [0.4, 0.5) is 0 Å². The molecule has 0 aliphatic carbocycles. The van der Waals surface area contributed by atoms with Gasteiger partial charge in [0.1, 0.15) is 0 Å². The highest BCUT2D eigenvalue weighted by Gasteiger charge is 2.18. The quantitative estimate of drug-likeness (QED) is 0.631. The normalized spacial score (nSPS) is 11.9. The van der Waals surface area contributed by atoms with E-state index in [2.05, 4.69) is 20.7 Å². The number of ketones is 1. The van der Waals surface area contributed by atoms with Crippen molar-refractivity contribution in [3.05, 3.63) is 34.3 Å². The Balaban J connectivity index is 2.70. The summed E-state index contributed by atoms with van der Waals surface area (Å²) in [7, 11) is 1.32. The first-order chi connectivity index (χ1) is 7.54. The summed E-state index contributed by atoms with van der Waals surface area (Å²) >= 11 is 3.30. The van der Waals surface area contributed by atoms with Crippen LogP contribution in [0.15, 0.2) is 28.7 Å². The number of methoxy groups -OCH3 is 1. The zero-order valence-electron chi connectivity index (χ0n) is 9.20. The molecular formula is C12H13BrO3. The maximum absolute atomic E-state index is 11.9. The Morgan fingerprint density at radius 3 is 2.38 bits per heavy atom. The van der Waals surface area contributed by atoms with Gasteiger partial charge in [0.15, 0.2) is 5.78 Å². The second-order valence-corrected chi connectivity index (χ2v) is 4.47. The van der Waals surface area contributed by atoms with Gasteiger partial charge in [-0.1, -0.05) is 35.0 Å². The van der Waals surface area contributed by atoms with E-state index in [1.807, 2.05) is 0 Å². The second-order valence-electron chi connectivity index (χ2n) is 3.55. The number of halogens is 1. The van der Waals surface area contributed by atoms with E-state index < -0.39 is 0 Å². The minimum absolute atomic E-state index is 0.0436. The fourth-order valence-corrected chi connectivity index (χ4v) is 1.59. The van der Waals surface area contributed by atoms with Crippen LogP contribution in [0.3, 0.4) is 0 Å². The Kier molecular flexibility index (Phi) is 4.68. The molecule has 4 heteroatoms. The summed E-state index contributed by atoms with van der Waals surface area (Å²) in [6, 6.07) is 7.08. The van der Waals surface area contributed by atoms with Crippen LogP contribution in [0.2, 0.25) is 0 Å². The van der Waals surface area contributed by atoms with Gasteiger partial charge in [0.2, 0.25) is 0 Å². The average molecular weight is 285 g/mol. The van der Waals surface area contributed by atoms with Crippen LogP contribution >= 0.6 is 15.9 Å². The largest absolute Gasteiger partial charge is 0.469 e. The molecule has 0 radical (unpaired) electrons. The monoisotopic (exact) mass is 284 g/mol. The van der Waals surface area contributed by atoms with Crippen molar-refractivity contribution in [2.45, 2.75) is 13.3 Å². The average Bonchev–Trinajstić information content (AvgIpc) is 2.28. The number of ether oxygens (including phenoxy) is 1. The molecule has 16 heavy (non-hydrogen) atoms. The Labute approximate surface area is 103 Å². The molecular weight excluding hydrogens is 272 g/mol. The van der Waals surface area contributed by atoms with Gasteiger partial charge in [-0.3, -0.25) is 9.59 Å². The number of Topliss-reactive ketones (excluding diaryl/α,β-unsaturated/α-hetero) is 1. The van der Waals surface area contributed by atoms with E-state index >= 15 is 0 Å². The molecule has 0 aromatic heterocycles. The van der Waals surface area contributed by atoms with E-state index in [1.165, 1.54) is 7.11 Å². The summed E-state index contributed by atoms with van der Waals surface area (Å²) in [6.07, 6.45) is 0.116. The number of carbonyl (C=O) groups is 2. The zero-order valence-corrected chi connectivity index (χ0v) is 10.8. The van der Waals surface area contributed by atoms with Crippen molar-refractivity contribution >= 4 is 27.7 Å². The van der Waals surface area contributed by atoms with E-state index in [4.69, 9.17) is 0 Å². The summed E-state index contributed by atoms with van der Waals surface area (Å²) in [6.45, 7) is 1.72. The number of esters is 1. The number of benzene rings is 1. The second kappa shape index (κ2) is 5.80. The Morgan fingerprint density at radius 2 is 1.88 bits per heavy atom. The molecule has 1 aromatic carbocycles. The van der Waals surface area contributed by atoms with Crippen LogP contribution in [-0.2, 0) is 9.53 Å². The molecule has 1 rings (SSSR count). The summed E-state index contributed by atoms with van der Waals surface area (Å²) in [5, 5.41) is 0. The van der Waals surface area contributed by atoms with Crippen LogP contribution in [0, 0.1) is 5.92 Å². The van der Waals surface area contributed by atoms with Gasteiger partial charge in [-0.15, -0.1) is 0 Å². The lowest BCUT2D eigenvalue weighted by Crippen LogP contribution is -2.16. The highest BCUT2D eigenvalue weighted by Crippen LogP contribution is 2.16. The van der Waals surface area contributed by atoms with E-state index in [-0.39, 0.29) is 24.1 Å². The van der Waals surface area contributed by atoms with Crippen LogP contribution in [0.5, 0.6) is 0 Å². The number of hydrogen-bond donors (Lipinski definition) is 0. The molecule has 0 N–H and O–H groups in total. The lowest BCUT2D eigenvalue weighted by Gasteiger charge is -2.08. The predicted molar refractivity (Wildman–Crippen MR) is 64.3 cm³/mol. The Hall–Kier alpha value is -1.16. The minimum atomic E-state index is -0.363. The van der Waals surface area contributed by atoms with Crippen LogP contribution < -0.4 is 0 Å². The van der Waals surface area contributed by atoms with Crippen molar-refractivity contribution < 1.29 is 14.3 Å². The standard InChI is InChI=1S/C12H13BrO3/c1-8(7-11(14)16-2)12(15)9-3-5-10(13)6-4-9/h3-6,8H,7H2,1-2H3/t8-/m0/s1. The molecule has 0 heterocycles. The van der Waals surface area contributed by atoms with Crippen molar-refractivity contribution in [3.8, 4) is 0 Å². The molecule has 0 aliphatic rings. The predicted octanol–water partition coefficient (Wildman–Crippen LogP) is 2.83. The SMILES string of the molecule is COC(=O)C[C@H](C)C(=O)c1ccc(Br)cc1. The molecule has 0 saturated carbocycles. The fourth-order valence-electron chi connectivity index (χ4n) is 1.32. The van der Waals surface area contributed by atoms with Crippen molar-refractivity contribution in [2.75, 3.05) is 7.11 Å². The van der Waals surface area contributed by atoms with E-state index in [9.17, 15) is 9.59 Å². The molecule has 0 amide bonds. The third-order valence-electron chi connectivity index (χ3n) is 2.28. The first kappa shape index (κ1) is 12.9. The summed E-state index contributed by atoms with van der Waals surface area (Å²) in [5.74, 6) is -0.760. The Morgan fingerprint density at radius 1 is 1.31 bits per heavy atom. The van der Waals surface area contributed by atoms with Gasteiger partial charge in [0.05, 0.1) is 13.5 Å². The first-order valence-corrected chi connectivity index (χ1v) is 5.70. The van der Waals surface area contributed by atoms with Gasteiger partial charge in [-0.25, -0.2) is 0 Å². The van der Waals surface area contributed by atoms with Gasteiger partial charge < -0.3 is 4.74 Å². The highest BCUT2D eigenvalue weighted by atomic mass is 79.9. The highest BCUT2D eigenvalue weighted by molar-refractivity contribution is 9.10. The van der Waals surface area contributed by atoms with Crippen molar-refractivity contribution in [1.82, 2.24) is 0 Å². The third kappa shape index (κ3) is 3.45. The first-order valence-electron chi connectivity index (χ1n) is 4.91. The van der Waals surface area contributed by atoms with Crippen LogP contribution in [-0.4, -0.2) is 18.9 Å². The molecule has 0 spiro atoms. The summed E-state index contributed by atoms with van der Waals surface area (Å²) < 4.78 is 5.45. The van der Waals surface area contributed by atoms with Gasteiger partial charge >= 0.3 is 5.97 Å². The van der Waals surface area contributed by atoms with Gasteiger partial charge in [-0.05, 0) is 12.1 Å². The van der Waals surface area contributed by atoms with Crippen molar-refractivity contribution in [3.63, 3.8) is 0 Å². The molecule has 0 unspecified atom stereocenters. The molecule has 0 fully saturated rings. The Bertz CT molecular complexity index is 384. The summed E-state index contributed by atoms with van der Waals surface area (Å²) in [4.78, 5) is 22.9. The van der Waals surface area contributed by atoms with Crippen LogP contribution in [0.25, 0.3) is 0 Å². The smallest absolute Gasteiger partial charge is 0.306 e. The maximum atomic E-state index is 11.9. The zero-order chi connectivity index (χ0) is 12.1. The lowest BCUT2D eigenvalue weighted by atomic mass is 9.97. The molecule has 3 nitrogen and oxygen atoms in total. The molecule has 0 saturated heterocycles. The van der Waals surface area contributed by atoms with Crippen molar-refractivity contribution in [2.24, 2.45) is 5.92 Å². The third-order valence-corrected chi connectivity index (χ3v) is 2.81. The van der Waals surface area contributed by atoms with Crippen LogP contribution in [0.1, 0.15) is 23.7 Å². The molecule has 1 aromatic rings. The van der Waals surface area contributed by atoms with E-state index in [0.29, 0.717) is 5.56 Å². The summed E-state index contributed by atoms with van der Waals surface area (Å²) in [5.41, 5.74) is 0.611.